The summed E-state index contributed by atoms with van der Waals surface area (Å²) in [6.07, 6.45) is 2.92. The average molecular weight is 438 g/mol. The number of aryl methyl sites for hydroxylation is 1. The summed E-state index contributed by atoms with van der Waals surface area (Å²) in [5.41, 5.74) is 2.25. The molecule has 0 radical (unpaired) electrons. The molecule has 0 aromatic heterocycles. The van der Waals surface area contributed by atoms with Gasteiger partial charge in [0.1, 0.15) is 18.1 Å². The number of nitrogens with zero attached hydrogens (tertiary/aromatic N) is 1. The highest BCUT2D eigenvalue weighted by atomic mass is 35.5. The molecule has 0 spiro atoms. The number of methoxy groups -OCH3 is 1. The number of ketones is 1. The third-order valence-electron chi connectivity index (χ3n) is 4.62. The van der Waals surface area contributed by atoms with E-state index in [0.717, 1.165) is 16.7 Å². The zero-order valence-electron chi connectivity index (χ0n) is 17.0. The van der Waals surface area contributed by atoms with Crippen LogP contribution in [0.15, 0.2) is 66.7 Å². The van der Waals surface area contributed by atoms with E-state index >= 15 is 0 Å². The van der Waals surface area contributed by atoms with E-state index in [1.54, 1.807) is 43.5 Å². The summed E-state index contributed by atoms with van der Waals surface area (Å²) >= 11 is 6.05. The molecule has 3 rings (SSSR count). The van der Waals surface area contributed by atoms with E-state index in [2.05, 4.69) is 0 Å². The van der Waals surface area contributed by atoms with Crippen LogP contribution in [0.3, 0.4) is 0 Å². The Bertz CT molecular complexity index is 1160. The van der Waals surface area contributed by atoms with Gasteiger partial charge in [0, 0.05) is 16.7 Å². The van der Waals surface area contributed by atoms with Crippen LogP contribution >= 0.6 is 11.6 Å². The second kappa shape index (κ2) is 9.91. The maximum Gasteiger partial charge on any atom is 0.280 e. The van der Waals surface area contributed by atoms with Crippen LogP contribution in [0.25, 0.3) is 6.08 Å². The summed E-state index contributed by atoms with van der Waals surface area (Å²) in [6, 6.07) is 16.7. The van der Waals surface area contributed by atoms with Crippen molar-refractivity contribution in [2.45, 2.75) is 13.5 Å². The molecular formula is C24H20ClNO5. The molecule has 0 fully saturated rings. The van der Waals surface area contributed by atoms with Crippen LogP contribution in [-0.2, 0) is 6.61 Å². The Labute approximate surface area is 184 Å². The Balaban J connectivity index is 1.79. The third-order valence-corrected chi connectivity index (χ3v) is 5.05. The average Bonchev–Trinajstić information content (AvgIpc) is 2.78. The van der Waals surface area contributed by atoms with Gasteiger partial charge in [-0.1, -0.05) is 35.9 Å². The molecule has 0 heterocycles. The Kier molecular flexibility index (Phi) is 7.05. The highest BCUT2D eigenvalue weighted by Gasteiger charge is 2.17. The summed E-state index contributed by atoms with van der Waals surface area (Å²) in [4.78, 5) is 23.0. The van der Waals surface area contributed by atoms with Crippen molar-refractivity contribution in [2.75, 3.05) is 7.11 Å². The second-order valence-electron chi connectivity index (χ2n) is 6.74. The number of ether oxygens (including phenoxy) is 2. The SMILES string of the molecule is COc1ccc(/C=C/C(=O)c2ccccc2[N+](=O)[O-])cc1COc1ccc(Cl)c(C)c1. The first-order valence-electron chi connectivity index (χ1n) is 9.40. The van der Waals surface area contributed by atoms with Crippen molar-refractivity contribution in [3.63, 3.8) is 0 Å². The number of hydrogen-bond acceptors (Lipinski definition) is 5. The van der Waals surface area contributed by atoms with Crippen LogP contribution in [0, 0.1) is 17.0 Å². The van der Waals surface area contributed by atoms with E-state index in [4.69, 9.17) is 21.1 Å². The summed E-state index contributed by atoms with van der Waals surface area (Å²) < 4.78 is 11.3. The van der Waals surface area contributed by atoms with Gasteiger partial charge in [-0.05, 0) is 60.5 Å². The normalized spacial score (nSPS) is 10.8. The molecule has 0 aliphatic heterocycles. The molecule has 0 saturated carbocycles. The summed E-state index contributed by atoms with van der Waals surface area (Å²) in [6.45, 7) is 2.15. The molecule has 0 aliphatic rings. The maximum atomic E-state index is 12.5. The van der Waals surface area contributed by atoms with Crippen LogP contribution in [0.2, 0.25) is 5.02 Å². The number of carbonyl (C=O) groups is 1. The zero-order chi connectivity index (χ0) is 22.4. The van der Waals surface area contributed by atoms with Gasteiger partial charge in [-0.25, -0.2) is 0 Å². The van der Waals surface area contributed by atoms with Crippen LogP contribution in [-0.4, -0.2) is 17.8 Å². The molecule has 3 aromatic carbocycles. The molecule has 0 unspecified atom stereocenters. The van der Waals surface area contributed by atoms with E-state index in [9.17, 15) is 14.9 Å². The van der Waals surface area contributed by atoms with Crippen LogP contribution in [0.5, 0.6) is 11.5 Å². The van der Waals surface area contributed by atoms with Gasteiger partial charge in [-0.2, -0.15) is 0 Å². The van der Waals surface area contributed by atoms with Gasteiger partial charge in [-0.15, -0.1) is 0 Å². The smallest absolute Gasteiger partial charge is 0.280 e. The lowest BCUT2D eigenvalue weighted by Gasteiger charge is -2.12. The fourth-order valence-electron chi connectivity index (χ4n) is 2.99. The number of halogens is 1. The molecule has 6 nitrogen and oxygen atoms in total. The molecule has 158 valence electrons. The molecule has 3 aromatic rings. The van der Waals surface area contributed by atoms with Crippen molar-refractivity contribution < 1.29 is 19.2 Å². The number of hydrogen-bond donors (Lipinski definition) is 0. The minimum Gasteiger partial charge on any atom is -0.496 e. The molecular weight excluding hydrogens is 418 g/mol. The molecule has 7 heteroatoms. The predicted molar refractivity (Wildman–Crippen MR) is 120 cm³/mol. The van der Waals surface area contributed by atoms with E-state index in [1.807, 2.05) is 19.1 Å². The van der Waals surface area contributed by atoms with Crippen LogP contribution in [0.1, 0.15) is 27.0 Å². The van der Waals surface area contributed by atoms with Gasteiger partial charge < -0.3 is 9.47 Å². The number of allylic oxidation sites excluding steroid dienone is 1. The zero-order valence-corrected chi connectivity index (χ0v) is 17.8. The van der Waals surface area contributed by atoms with Gasteiger partial charge in [0.05, 0.1) is 17.6 Å². The predicted octanol–water partition coefficient (Wildman–Crippen LogP) is 6.04. The van der Waals surface area contributed by atoms with Crippen molar-refractivity contribution in [2.24, 2.45) is 0 Å². The monoisotopic (exact) mass is 437 g/mol. The summed E-state index contributed by atoms with van der Waals surface area (Å²) in [5, 5.41) is 11.8. The number of para-hydroxylation sites is 1. The van der Waals surface area contributed by atoms with E-state index < -0.39 is 10.7 Å². The minimum absolute atomic E-state index is 0.0407. The van der Waals surface area contributed by atoms with Gasteiger partial charge in [0.15, 0.2) is 5.78 Å². The number of rotatable bonds is 8. The summed E-state index contributed by atoms with van der Waals surface area (Å²) in [7, 11) is 1.57. The van der Waals surface area contributed by atoms with Gasteiger partial charge in [0.25, 0.3) is 5.69 Å². The first-order chi connectivity index (χ1) is 14.9. The number of carbonyl (C=O) groups excluding carboxylic acids is 1. The third kappa shape index (κ3) is 5.49. The van der Waals surface area contributed by atoms with Crippen LogP contribution in [0.4, 0.5) is 5.69 Å². The van der Waals surface area contributed by atoms with Crippen molar-refractivity contribution in [3.8, 4) is 11.5 Å². The maximum absolute atomic E-state index is 12.5. The van der Waals surface area contributed by atoms with Crippen molar-refractivity contribution in [1.29, 1.82) is 0 Å². The molecule has 0 bridgehead atoms. The lowest BCUT2D eigenvalue weighted by Crippen LogP contribution is -2.01. The molecule has 0 amide bonds. The Morgan fingerprint density at radius 1 is 1.13 bits per heavy atom. The van der Waals surface area contributed by atoms with Crippen molar-refractivity contribution in [3.05, 3.63) is 104 Å². The van der Waals surface area contributed by atoms with Gasteiger partial charge in [-0.3, -0.25) is 14.9 Å². The standard InChI is InChI=1S/C24H20ClNO5/c1-16-13-19(9-10-21(16)25)31-15-18-14-17(8-12-24(18)30-2)7-11-23(27)20-5-3-4-6-22(20)26(28)29/h3-14H,15H2,1-2H3/b11-7+. The Hall–Kier alpha value is -3.64. The lowest BCUT2D eigenvalue weighted by molar-refractivity contribution is -0.385. The summed E-state index contributed by atoms with van der Waals surface area (Å²) in [5.74, 6) is 0.877. The Morgan fingerprint density at radius 3 is 2.61 bits per heavy atom. The van der Waals surface area contributed by atoms with Gasteiger partial charge in [0.2, 0.25) is 0 Å². The number of nitro benzene ring substituents is 1. The topological polar surface area (TPSA) is 78.7 Å². The quantitative estimate of drug-likeness (QED) is 0.186. The number of nitro groups is 1. The fourth-order valence-corrected chi connectivity index (χ4v) is 3.10. The first kappa shape index (κ1) is 22.1. The first-order valence-corrected chi connectivity index (χ1v) is 9.78. The van der Waals surface area contributed by atoms with Gasteiger partial charge >= 0.3 is 0 Å². The molecule has 0 saturated heterocycles. The van der Waals surface area contributed by atoms with E-state index in [-0.39, 0.29) is 17.9 Å². The van der Waals surface area contributed by atoms with Crippen molar-refractivity contribution >= 4 is 29.1 Å². The minimum atomic E-state index is -0.567. The van der Waals surface area contributed by atoms with Crippen molar-refractivity contribution in [1.82, 2.24) is 0 Å². The van der Waals surface area contributed by atoms with E-state index in [0.29, 0.717) is 16.5 Å². The molecule has 31 heavy (non-hydrogen) atoms. The fraction of sp³-hybridized carbons (Fsp3) is 0.125. The lowest BCUT2D eigenvalue weighted by atomic mass is 10.1. The van der Waals surface area contributed by atoms with E-state index in [1.165, 1.54) is 24.3 Å². The molecule has 0 aliphatic carbocycles. The highest BCUT2D eigenvalue weighted by molar-refractivity contribution is 6.31. The van der Waals surface area contributed by atoms with Crippen LogP contribution < -0.4 is 9.47 Å². The molecule has 0 N–H and O–H groups in total. The largest absolute Gasteiger partial charge is 0.496 e. The highest BCUT2D eigenvalue weighted by Crippen LogP contribution is 2.26. The second-order valence-corrected chi connectivity index (χ2v) is 7.15. The number of benzene rings is 3. The molecule has 0 atom stereocenters. The Morgan fingerprint density at radius 2 is 1.90 bits per heavy atom.